The van der Waals surface area contributed by atoms with E-state index in [1.54, 1.807) is 31.4 Å². The molecule has 0 aliphatic heterocycles. The van der Waals surface area contributed by atoms with Crippen LogP contribution in [0.4, 0.5) is 5.69 Å². The number of ether oxygens (including phenoxy) is 1. The Morgan fingerprint density at radius 2 is 1.76 bits per heavy atom. The molecule has 1 aromatic heterocycles. The molecule has 5 nitrogen and oxygen atoms in total. The maximum atomic E-state index is 12.4. The van der Waals surface area contributed by atoms with Crippen LogP contribution in [0.25, 0.3) is 0 Å². The summed E-state index contributed by atoms with van der Waals surface area (Å²) in [6, 6.07) is 17.7. The van der Waals surface area contributed by atoms with Crippen LogP contribution in [0.3, 0.4) is 0 Å². The van der Waals surface area contributed by atoms with E-state index in [1.165, 1.54) is 10.6 Å². The molecule has 5 heteroatoms. The highest BCUT2D eigenvalue weighted by molar-refractivity contribution is 6.04. The number of amides is 1. The van der Waals surface area contributed by atoms with Crippen molar-refractivity contribution in [3.05, 3.63) is 88.3 Å². The Morgan fingerprint density at radius 1 is 1.04 bits per heavy atom. The molecule has 0 unspecified atom stereocenters. The normalized spacial score (nSPS) is 10.3. The Kier molecular flexibility index (Phi) is 4.66. The molecule has 2 aromatic carbocycles. The Bertz CT molecular complexity index is 959. The predicted molar refractivity (Wildman–Crippen MR) is 97.3 cm³/mol. The molecule has 1 N–H and O–H groups in total. The summed E-state index contributed by atoms with van der Waals surface area (Å²) in [5.74, 6) is 0.849. The standard InChI is InChI=1S/C20H18N2O3/c1-14-7-9-16(10-8-14)25-18-6-4-3-5-17(18)21-20(24)15-11-12-22(2)19(23)13-15/h3-13H,1-2H3,(H,21,24). The summed E-state index contributed by atoms with van der Waals surface area (Å²) in [6.07, 6.45) is 1.56. The van der Waals surface area contributed by atoms with E-state index in [-0.39, 0.29) is 11.5 Å². The van der Waals surface area contributed by atoms with Gasteiger partial charge in [-0.25, -0.2) is 0 Å². The Morgan fingerprint density at radius 3 is 2.48 bits per heavy atom. The third kappa shape index (κ3) is 3.95. The zero-order valence-electron chi connectivity index (χ0n) is 14.0. The van der Waals surface area contributed by atoms with Gasteiger partial charge in [0.25, 0.3) is 11.5 Å². The first-order valence-electron chi connectivity index (χ1n) is 7.84. The maximum Gasteiger partial charge on any atom is 0.256 e. The molecular weight excluding hydrogens is 316 g/mol. The van der Waals surface area contributed by atoms with Crippen LogP contribution in [-0.4, -0.2) is 10.5 Å². The number of pyridine rings is 1. The lowest BCUT2D eigenvalue weighted by molar-refractivity contribution is 0.102. The fourth-order valence-corrected chi connectivity index (χ4v) is 2.28. The van der Waals surface area contributed by atoms with E-state index in [1.807, 2.05) is 43.3 Å². The van der Waals surface area contributed by atoms with Crippen LogP contribution in [0.5, 0.6) is 11.5 Å². The minimum absolute atomic E-state index is 0.239. The van der Waals surface area contributed by atoms with Crippen molar-refractivity contribution in [1.29, 1.82) is 0 Å². The van der Waals surface area contributed by atoms with Gasteiger partial charge < -0.3 is 14.6 Å². The van der Waals surface area contributed by atoms with Crippen molar-refractivity contribution in [1.82, 2.24) is 4.57 Å². The van der Waals surface area contributed by atoms with Crippen molar-refractivity contribution in [3.8, 4) is 11.5 Å². The lowest BCUT2D eigenvalue weighted by atomic mass is 10.2. The molecule has 0 bridgehead atoms. The van der Waals surface area contributed by atoms with E-state index in [4.69, 9.17) is 4.74 Å². The second-order valence-corrected chi connectivity index (χ2v) is 5.73. The molecule has 0 spiro atoms. The molecule has 3 aromatic rings. The largest absolute Gasteiger partial charge is 0.455 e. The number of nitrogens with zero attached hydrogens (tertiary/aromatic N) is 1. The first kappa shape index (κ1) is 16.5. The molecular formula is C20H18N2O3. The van der Waals surface area contributed by atoms with E-state index in [2.05, 4.69) is 5.32 Å². The third-order valence-corrected chi connectivity index (χ3v) is 3.75. The van der Waals surface area contributed by atoms with Crippen LogP contribution in [0.2, 0.25) is 0 Å². The number of benzene rings is 2. The van der Waals surface area contributed by atoms with Crippen molar-refractivity contribution >= 4 is 11.6 Å². The van der Waals surface area contributed by atoms with Gasteiger partial charge in [0.05, 0.1) is 5.69 Å². The summed E-state index contributed by atoms with van der Waals surface area (Å²) in [6.45, 7) is 2.00. The second-order valence-electron chi connectivity index (χ2n) is 5.73. The lowest BCUT2D eigenvalue weighted by Crippen LogP contribution is -2.20. The fourth-order valence-electron chi connectivity index (χ4n) is 2.28. The Hall–Kier alpha value is -3.34. The molecule has 0 atom stereocenters. The quantitative estimate of drug-likeness (QED) is 0.791. The average molecular weight is 334 g/mol. The molecule has 0 radical (unpaired) electrons. The van der Waals surface area contributed by atoms with Gasteiger partial charge in [0, 0.05) is 24.9 Å². The van der Waals surface area contributed by atoms with E-state index >= 15 is 0 Å². The second kappa shape index (κ2) is 7.05. The molecule has 0 aliphatic carbocycles. The van der Waals surface area contributed by atoms with Crippen molar-refractivity contribution < 1.29 is 9.53 Å². The summed E-state index contributed by atoms with van der Waals surface area (Å²) in [5.41, 5.74) is 1.73. The monoisotopic (exact) mass is 334 g/mol. The molecule has 3 rings (SSSR count). The molecule has 126 valence electrons. The first-order valence-corrected chi connectivity index (χ1v) is 7.84. The number of anilines is 1. The van der Waals surface area contributed by atoms with E-state index < -0.39 is 0 Å². The van der Waals surface area contributed by atoms with Crippen molar-refractivity contribution in [2.45, 2.75) is 6.92 Å². The third-order valence-electron chi connectivity index (χ3n) is 3.75. The van der Waals surface area contributed by atoms with Crippen LogP contribution in [0.1, 0.15) is 15.9 Å². The topological polar surface area (TPSA) is 60.3 Å². The van der Waals surface area contributed by atoms with Crippen molar-refractivity contribution in [2.75, 3.05) is 5.32 Å². The SMILES string of the molecule is Cc1ccc(Oc2ccccc2NC(=O)c2ccn(C)c(=O)c2)cc1. The van der Waals surface area contributed by atoms with E-state index in [0.29, 0.717) is 22.7 Å². The van der Waals surface area contributed by atoms with Crippen LogP contribution >= 0.6 is 0 Å². The number of hydrogen-bond acceptors (Lipinski definition) is 3. The van der Waals surface area contributed by atoms with Crippen LogP contribution < -0.4 is 15.6 Å². The van der Waals surface area contributed by atoms with Crippen LogP contribution in [0.15, 0.2) is 71.7 Å². The van der Waals surface area contributed by atoms with Gasteiger partial charge in [0.2, 0.25) is 0 Å². The number of nitrogens with one attached hydrogen (secondary N) is 1. The van der Waals surface area contributed by atoms with E-state index in [0.717, 1.165) is 5.56 Å². The zero-order chi connectivity index (χ0) is 17.8. The van der Waals surface area contributed by atoms with Gasteiger partial charge >= 0.3 is 0 Å². The zero-order valence-corrected chi connectivity index (χ0v) is 14.0. The first-order chi connectivity index (χ1) is 12.0. The number of para-hydroxylation sites is 2. The van der Waals surface area contributed by atoms with Crippen LogP contribution in [0, 0.1) is 6.92 Å². The number of carbonyl (C=O) groups is 1. The van der Waals surface area contributed by atoms with Crippen molar-refractivity contribution in [2.24, 2.45) is 7.05 Å². The molecule has 0 fully saturated rings. The van der Waals surface area contributed by atoms with Gasteiger partial charge in [-0.3, -0.25) is 9.59 Å². The highest BCUT2D eigenvalue weighted by Gasteiger charge is 2.11. The maximum absolute atomic E-state index is 12.4. The fraction of sp³-hybridized carbons (Fsp3) is 0.100. The minimum Gasteiger partial charge on any atom is -0.455 e. The smallest absolute Gasteiger partial charge is 0.256 e. The summed E-state index contributed by atoms with van der Waals surface area (Å²) >= 11 is 0. The highest BCUT2D eigenvalue weighted by Crippen LogP contribution is 2.29. The van der Waals surface area contributed by atoms with E-state index in [9.17, 15) is 9.59 Å². The van der Waals surface area contributed by atoms with Crippen molar-refractivity contribution in [3.63, 3.8) is 0 Å². The number of aryl methyl sites for hydroxylation is 2. The number of hydrogen-bond donors (Lipinski definition) is 1. The molecule has 1 heterocycles. The Labute approximate surface area is 145 Å². The molecule has 0 saturated heterocycles. The van der Waals surface area contributed by atoms with Gasteiger partial charge in [-0.2, -0.15) is 0 Å². The Balaban J connectivity index is 1.82. The van der Waals surface area contributed by atoms with Gasteiger partial charge in [0.15, 0.2) is 5.75 Å². The summed E-state index contributed by atoms with van der Waals surface area (Å²) in [7, 11) is 1.63. The van der Waals surface area contributed by atoms with Gasteiger partial charge in [0.1, 0.15) is 5.75 Å². The highest BCUT2D eigenvalue weighted by atomic mass is 16.5. The molecule has 0 saturated carbocycles. The number of rotatable bonds is 4. The molecule has 25 heavy (non-hydrogen) atoms. The van der Waals surface area contributed by atoms with Gasteiger partial charge in [-0.15, -0.1) is 0 Å². The van der Waals surface area contributed by atoms with Crippen LogP contribution in [-0.2, 0) is 7.05 Å². The van der Waals surface area contributed by atoms with Gasteiger partial charge in [-0.05, 0) is 37.3 Å². The summed E-state index contributed by atoms with van der Waals surface area (Å²) in [4.78, 5) is 24.1. The summed E-state index contributed by atoms with van der Waals surface area (Å²) < 4.78 is 7.27. The average Bonchev–Trinajstić information content (AvgIpc) is 2.61. The summed E-state index contributed by atoms with van der Waals surface area (Å²) in [5, 5.41) is 2.79. The molecule has 0 aliphatic rings. The van der Waals surface area contributed by atoms with Gasteiger partial charge in [-0.1, -0.05) is 29.8 Å². The number of carbonyl (C=O) groups excluding carboxylic acids is 1. The predicted octanol–water partition coefficient (Wildman–Crippen LogP) is 3.74. The lowest BCUT2D eigenvalue weighted by Gasteiger charge is -2.12. The minimum atomic E-state index is -0.363. The number of aromatic nitrogens is 1. The molecule has 1 amide bonds.